The predicted molar refractivity (Wildman–Crippen MR) is 145 cm³/mol. The van der Waals surface area contributed by atoms with Gasteiger partial charge in [-0.2, -0.15) is 0 Å². The van der Waals surface area contributed by atoms with E-state index < -0.39 is 11.6 Å². The van der Waals surface area contributed by atoms with Crippen LogP contribution in [0.5, 0.6) is 0 Å². The standard InChI is InChI=1S/C28H29F2N7O/c1-15(2)35-28(38)16-5-6-20(29)18(10-16)23-8-7-22(32)26(36-23)24-11-19-25(13-34-24)33-12-21(30)27(19)37-9-3-4-17(31)14-37/h5-8,10-13,15,17H,3-4,9,14,31-32H2,1-2H3,(H,35,38)/t17-/m0/s1. The third-order valence-electron chi connectivity index (χ3n) is 6.55. The molecule has 1 aliphatic rings. The molecule has 4 aromatic rings. The summed E-state index contributed by atoms with van der Waals surface area (Å²) in [5, 5.41) is 3.36. The quantitative estimate of drug-likeness (QED) is 0.361. The summed E-state index contributed by atoms with van der Waals surface area (Å²) in [6.45, 7) is 4.90. The number of hydrogen-bond acceptors (Lipinski definition) is 7. The van der Waals surface area contributed by atoms with E-state index in [0.717, 1.165) is 12.8 Å². The SMILES string of the molecule is CC(C)NC(=O)c1ccc(F)c(-c2ccc(N)c(-c3cc4c(N5CCC[C@H](N)C5)c(F)cnc4cn3)n2)c1. The Labute approximate surface area is 219 Å². The summed E-state index contributed by atoms with van der Waals surface area (Å²) in [5.74, 6) is -1.29. The minimum atomic E-state index is -0.532. The zero-order valence-corrected chi connectivity index (χ0v) is 21.2. The number of halogens is 2. The molecule has 3 aromatic heterocycles. The van der Waals surface area contributed by atoms with E-state index in [2.05, 4.69) is 20.3 Å². The minimum Gasteiger partial charge on any atom is -0.397 e. The Balaban J connectivity index is 1.59. The molecule has 0 bridgehead atoms. The second-order valence-corrected chi connectivity index (χ2v) is 9.85. The first-order chi connectivity index (χ1) is 18.2. The molecule has 4 heterocycles. The van der Waals surface area contributed by atoms with Crippen molar-refractivity contribution in [2.45, 2.75) is 38.8 Å². The number of carbonyl (C=O) groups excluding carboxylic acids is 1. The van der Waals surface area contributed by atoms with Crippen LogP contribution in [0.3, 0.4) is 0 Å². The Morgan fingerprint density at radius 2 is 1.89 bits per heavy atom. The molecule has 196 valence electrons. The smallest absolute Gasteiger partial charge is 0.251 e. The first kappa shape index (κ1) is 25.5. The Morgan fingerprint density at radius 1 is 1.08 bits per heavy atom. The number of nitrogens with zero attached hydrogens (tertiary/aromatic N) is 4. The number of amides is 1. The molecule has 1 saturated heterocycles. The van der Waals surface area contributed by atoms with Gasteiger partial charge < -0.3 is 21.7 Å². The zero-order valence-electron chi connectivity index (χ0n) is 21.2. The van der Waals surface area contributed by atoms with Crippen molar-refractivity contribution in [1.82, 2.24) is 20.3 Å². The van der Waals surface area contributed by atoms with Crippen molar-refractivity contribution in [3.05, 3.63) is 66.0 Å². The van der Waals surface area contributed by atoms with E-state index in [-0.39, 0.29) is 29.2 Å². The molecule has 0 radical (unpaired) electrons. The van der Waals surface area contributed by atoms with Gasteiger partial charge >= 0.3 is 0 Å². The number of nitrogens with one attached hydrogen (secondary N) is 1. The Morgan fingerprint density at radius 3 is 2.66 bits per heavy atom. The highest BCUT2D eigenvalue weighted by Crippen LogP contribution is 2.34. The Hall–Kier alpha value is -4.18. The van der Waals surface area contributed by atoms with Gasteiger partial charge in [0.2, 0.25) is 0 Å². The lowest BCUT2D eigenvalue weighted by Gasteiger charge is -2.33. The highest BCUT2D eigenvalue weighted by molar-refractivity contribution is 5.96. The summed E-state index contributed by atoms with van der Waals surface area (Å²) < 4.78 is 30.0. The van der Waals surface area contributed by atoms with Gasteiger partial charge in [-0.25, -0.2) is 13.8 Å². The van der Waals surface area contributed by atoms with Crippen LogP contribution in [0, 0.1) is 11.6 Å². The molecule has 5 rings (SSSR count). The van der Waals surface area contributed by atoms with Crippen LogP contribution in [-0.2, 0) is 0 Å². The third kappa shape index (κ3) is 4.99. The number of piperidine rings is 1. The molecule has 1 fully saturated rings. The maximum Gasteiger partial charge on any atom is 0.251 e. The number of hydrogen-bond donors (Lipinski definition) is 3. The number of anilines is 2. The van der Waals surface area contributed by atoms with Crippen LogP contribution in [0.1, 0.15) is 37.0 Å². The van der Waals surface area contributed by atoms with Crippen LogP contribution in [0.2, 0.25) is 0 Å². The highest BCUT2D eigenvalue weighted by atomic mass is 19.1. The van der Waals surface area contributed by atoms with E-state index >= 15 is 4.39 Å². The average molecular weight is 518 g/mol. The first-order valence-electron chi connectivity index (χ1n) is 12.5. The van der Waals surface area contributed by atoms with E-state index in [9.17, 15) is 9.18 Å². The monoisotopic (exact) mass is 517 g/mol. The molecule has 10 heteroatoms. The van der Waals surface area contributed by atoms with Crippen LogP contribution < -0.4 is 21.7 Å². The third-order valence-corrected chi connectivity index (χ3v) is 6.55. The molecule has 0 saturated carbocycles. The van der Waals surface area contributed by atoms with Crippen LogP contribution in [0.15, 0.2) is 48.8 Å². The first-order valence-corrected chi connectivity index (χ1v) is 12.5. The Bertz CT molecular complexity index is 1530. The highest BCUT2D eigenvalue weighted by Gasteiger charge is 2.23. The van der Waals surface area contributed by atoms with Crippen LogP contribution in [0.4, 0.5) is 20.2 Å². The van der Waals surface area contributed by atoms with E-state index in [1.54, 1.807) is 24.4 Å². The molecule has 38 heavy (non-hydrogen) atoms. The zero-order chi connectivity index (χ0) is 27.0. The second-order valence-electron chi connectivity index (χ2n) is 9.85. The molecule has 5 N–H and O–H groups in total. The summed E-state index contributed by atoms with van der Waals surface area (Å²) in [5.41, 5.74) is 15.1. The number of carbonyl (C=O) groups is 1. The maximum absolute atomic E-state index is 15.1. The van der Waals surface area contributed by atoms with Crippen LogP contribution in [0.25, 0.3) is 33.5 Å². The normalized spacial score (nSPS) is 15.7. The molecular weight excluding hydrogens is 488 g/mol. The summed E-state index contributed by atoms with van der Waals surface area (Å²) in [7, 11) is 0. The number of pyridine rings is 3. The number of rotatable bonds is 5. The second kappa shape index (κ2) is 10.3. The van der Waals surface area contributed by atoms with Crippen molar-refractivity contribution in [1.29, 1.82) is 0 Å². The van der Waals surface area contributed by atoms with Crippen molar-refractivity contribution >= 4 is 28.2 Å². The van der Waals surface area contributed by atoms with E-state index in [1.165, 1.54) is 24.4 Å². The van der Waals surface area contributed by atoms with Crippen molar-refractivity contribution in [2.75, 3.05) is 23.7 Å². The molecule has 0 spiro atoms. The van der Waals surface area contributed by atoms with Gasteiger partial charge in [-0.15, -0.1) is 0 Å². The molecule has 1 amide bonds. The molecule has 8 nitrogen and oxygen atoms in total. The van der Waals surface area contributed by atoms with E-state index in [4.69, 9.17) is 11.5 Å². The van der Waals surface area contributed by atoms with E-state index in [0.29, 0.717) is 52.3 Å². The maximum atomic E-state index is 15.1. The molecule has 1 aromatic carbocycles. The molecule has 1 aliphatic heterocycles. The lowest BCUT2D eigenvalue weighted by atomic mass is 10.0. The molecule has 0 aliphatic carbocycles. The van der Waals surface area contributed by atoms with Crippen molar-refractivity contribution in [3.8, 4) is 22.6 Å². The fourth-order valence-electron chi connectivity index (χ4n) is 4.75. The molecular formula is C28H29F2N7O. The van der Waals surface area contributed by atoms with Gasteiger partial charge in [0.1, 0.15) is 11.5 Å². The lowest BCUT2D eigenvalue weighted by molar-refractivity contribution is 0.0943. The van der Waals surface area contributed by atoms with Crippen molar-refractivity contribution in [2.24, 2.45) is 5.73 Å². The van der Waals surface area contributed by atoms with Gasteiger partial charge in [0.05, 0.1) is 40.7 Å². The number of fused-ring (bicyclic) bond motifs is 1. The fraction of sp³-hybridized carbons (Fsp3) is 0.286. The number of nitrogen functional groups attached to an aromatic ring is 1. The minimum absolute atomic E-state index is 0.0463. The number of aromatic nitrogens is 3. The lowest BCUT2D eigenvalue weighted by Crippen LogP contribution is -2.43. The summed E-state index contributed by atoms with van der Waals surface area (Å²) in [4.78, 5) is 27.7. The fourth-order valence-corrected chi connectivity index (χ4v) is 4.75. The van der Waals surface area contributed by atoms with Crippen LogP contribution in [-0.4, -0.2) is 46.0 Å². The van der Waals surface area contributed by atoms with Crippen molar-refractivity contribution < 1.29 is 13.6 Å². The Kier molecular flexibility index (Phi) is 6.90. The molecule has 1 atom stereocenters. The van der Waals surface area contributed by atoms with E-state index in [1.807, 2.05) is 18.7 Å². The van der Waals surface area contributed by atoms with Gasteiger partial charge in [0, 0.05) is 41.7 Å². The topological polar surface area (TPSA) is 123 Å². The number of nitrogens with two attached hydrogens (primary N) is 2. The van der Waals surface area contributed by atoms with Gasteiger partial charge in [-0.3, -0.25) is 14.8 Å². The summed E-state index contributed by atoms with van der Waals surface area (Å²) >= 11 is 0. The van der Waals surface area contributed by atoms with Crippen LogP contribution >= 0.6 is 0 Å². The summed E-state index contributed by atoms with van der Waals surface area (Å²) in [6, 6.07) is 8.90. The molecule has 0 unspecified atom stereocenters. The summed E-state index contributed by atoms with van der Waals surface area (Å²) in [6.07, 6.45) is 4.48. The van der Waals surface area contributed by atoms with Crippen molar-refractivity contribution in [3.63, 3.8) is 0 Å². The predicted octanol–water partition coefficient (Wildman–Crippen LogP) is 4.28. The van der Waals surface area contributed by atoms with Gasteiger partial charge in [-0.1, -0.05) is 0 Å². The van der Waals surface area contributed by atoms with Gasteiger partial charge in [-0.05, 0) is 63.1 Å². The number of benzene rings is 1. The van der Waals surface area contributed by atoms with Gasteiger partial charge in [0.15, 0.2) is 5.82 Å². The average Bonchev–Trinajstić information content (AvgIpc) is 2.88. The van der Waals surface area contributed by atoms with Gasteiger partial charge in [0.25, 0.3) is 5.91 Å². The largest absolute Gasteiger partial charge is 0.397 e.